The molecule has 0 N–H and O–H groups in total. The van der Waals surface area contributed by atoms with Crippen LogP contribution in [0.3, 0.4) is 0 Å². The molecule has 1 aliphatic heterocycles. The van der Waals surface area contributed by atoms with Crippen molar-refractivity contribution in [1.82, 2.24) is 4.31 Å². The van der Waals surface area contributed by atoms with Gasteiger partial charge in [-0.25, -0.2) is 8.42 Å². The molecule has 9 nitrogen and oxygen atoms in total. The molecule has 0 amide bonds. The number of nitrogens with zero attached hydrogens (tertiary/aromatic N) is 3. The van der Waals surface area contributed by atoms with Crippen molar-refractivity contribution >= 4 is 21.4 Å². The maximum atomic E-state index is 13.0. The highest BCUT2D eigenvalue weighted by atomic mass is 32.2. The lowest BCUT2D eigenvalue weighted by molar-refractivity contribution is -0.384. The van der Waals surface area contributed by atoms with Gasteiger partial charge in [-0.1, -0.05) is 12.1 Å². The number of ether oxygens (including phenoxy) is 2. The molecule has 31 heavy (non-hydrogen) atoms. The molecule has 0 bridgehead atoms. The summed E-state index contributed by atoms with van der Waals surface area (Å²) in [7, 11) is -2.22. The van der Waals surface area contributed by atoms with Crippen molar-refractivity contribution in [2.45, 2.75) is 30.3 Å². The minimum atomic E-state index is -3.82. The van der Waals surface area contributed by atoms with Gasteiger partial charge in [0.2, 0.25) is 10.0 Å². The fourth-order valence-electron chi connectivity index (χ4n) is 3.71. The lowest BCUT2D eigenvalue weighted by atomic mass is 10.1. The van der Waals surface area contributed by atoms with Crippen molar-refractivity contribution in [1.29, 1.82) is 0 Å². The number of nitro groups is 1. The first-order valence-electron chi connectivity index (χ1n) is 10.2. The van der Waals surface area contributed by atoms with Gasteiger partial charge in [0.1, 0.15) is 11.4 Å². The molecule has 1 saturated heterocycles. The lowest BCUT2D eigenvalue weighted by Crippen LogP contribution is -2.40. The average Bonchev–Trinajstić information content (AvgIpc) is 3.63. The number of anilines is 1. The molecule has 2 aromatic carbocycles. The van der Waals surface area contributed by atoms with Crippen LogP contribution in [0.2, 0.25) is 0 Å². The van der Waals surface area contributed by atoms with Gasteiger partial charge in [0.25, 0.3) is 5.69 Å². The average molecular weight is 448 g/mol. The van der Waals surface area contributed by atoms with Crippen molar-refractivity contribution < 1.29 is 22.8 Å². The van der Waals surface area contributed by atoms with Gasteiger partial charge in [0.05, 0.1) is 30.1 Å². The van der Waals surface area contributed by atoms with Gasteiger partial charge in [-0.3, -0.25) is 10.1 Å². The molecule has 166 valence electrons. The Morgan fingerprint density at radius 1 is 1.16 bits per heavy atom. The first-order valence-corrected chi connectivity index (χ1v) is 11.6. The van der Waals surface area contributed by atoms with Crippen LogP contribution in [0.25, 0.3) is 0 Å². The van der Waals surface area contributed by atoms with Gasteiger partial charge in [-0.2, -0.15) is 4.31 Å². The third-order valence-electron chi connectivity index (χ3n) is 5.56. The summed E-state index contributed by atoms with van der Waals surface area (Å²) in [4.78, 5) is 13.3. The van der Waals surface area contributed by atoms with E-state index in [1.807, 2.05) is 29.2 Å². The Morgan fingerprint density at radius 3 is 2.42 bits per heavy atom. The van der Waals surface area contributed by atoms with Crippen LogP contribution in [0.5, 0.6) is 5.75 Å². The molecule has 0 radical (unpaired) electrons. The van der Waals surface area contributed by atoms with E-state index >= 15 is 0 Å². The highest BCUT2D eigenvalue weighted by Crippen LogP contribution is 2.39. The number of nitro benzene ring substituents is 1. The second kappa shape index (κ2) is 8.81. The van der Waals surface area contributed by atoms with E-state index in [1.165, 1.54) is 16.4 Å². The summed E-state index contributed by atoms with van der Waals surface area (Å²) in [6.07, 6.45) is 1.89. The Kier molecular flexibility index (Phi) is 6.12. The molecule has 1 saturated carbocycles. The second-order valence-electron chi connectivity index (χ2n) is 7.63. The number of hydrogen-bond acceptors (Lipinski definition) is 7. The molecule has 2 fully saturated rings. The van der Waals surface area contributed by atoms with E-state index in [0.29, 0.717) is 25.4 Å². The fourth-order valence-corrected chi connectivity index (χ4v) is 5.14. The van der Waals surface area contributed by atoms with Gasteiger partial charge in [0, 0.05) is 31.7 Å². The maximum Gasteiger partial charge on any atom is 0.293 e. The second-order valence-corrected chi connectivity index (χ2v) is 9.57. The number of rotatable bonds is 8. The Labute approximate surface area is 181 Å². The van der Waals surface area contributed by atoms with Crippen molar-refractivity contribution in [3.05, 3.63) is 58.1 Å². The lowest BCUT2D eigenvalue weighted by Gasteiger charge is -2.27. The zero-order chi connectivity index (χ0) is 22.0. The van der Waals surface area contributed by atoms with Gasteiger partial charge in [0.15, 0.2) is 0 Å². The molecule has 2 aliphatic rings. The number of morpholine rings is 1. The number of sulfonamides is 1. The summed E-state index contributed by atoms with van der Waals surface area (Å²) in [5.74, 6) is 0.741. The van der Waals surface area contributed by atoms with Crippen LogP contribution in [0.1, 0.15) is 18.4 Å². The van der Waals surface area contributed by atoms with Crippen LogP contribution >= 0.6 is 0 Å². The number of methoxy groups -OCH3 is 1. The summed E-state index contributed by atoms with van der Waals surface area (Å²) in [6.45, 7) is 1.60. The third kappa shape index (κ3) is 4.65. The van der Waals surface area contributed by atoms with Gasteiger partial charge < -0.3 is 14.4 Å². The molecular formula is C21H25N3O6S. The summed E-state index contributed by atoms with van der Waals surface area (Å²) >= 11 is 0. The third-order valence-corrected chi connectivity index (χ3v) is 7.46. The highest BCUT2D eigenvalue weighted by molar-refractivity contribution is 7.89. The number of hydrogen-bond donors (Lipinski definition) is 0. The van der Waals surface area contributed by atoms with E-state index in [4.69, 9.17) is 9.47 Å². The van der Waals surface area contributed by atoms with E-state index in [9.17, 15) is 18.5 Å². The summed E-state index contributed by atoms with van der Waals surface area (Å²) in [5, 5.41) is 11.9. The SMILES string of the molecule is COc1ccc(CN(c2ccc(S(=O)(=O)N3CCOCC3)cc2[N+](=O)[O-])C2CC2)cc1. The smallest absolute Gasteiger partial charge is 0.293 e. The molecule has 1 heterocycles. The molecule has 1 aliphatic carbocycles. The Balaban J connectivity index is 1.66. The van der Waals surface area contributed by atoms with Gasteiger partial charge in [-0.15, -0.1) is 0 Å². The maximum absolute atomic E-state index is 13.0. The van der Waals surface area contributed by atoms with E-state index < -0.39 is 14.9 Å². The molecule has 0 unspecified atom stereocenters. The molecule has 2 aromatic rings. The monoisotopic (exact) mass is 447 g/mol. The zero-order valence-corrected chi connectivity index (χ0v) is 18.1. The number of benzene rings is 2. The van der Waals surface area contributed by atoms with E-state index in [2.05, 4.69) is 0 Å². The van der Waals surface area contributed by atoms with Crippen molar-refractivity contribution in [2.24, 2.45) is 0 Å². The van der Waals surface area contributed by atoms with E-state index in [1.54, 1.807) is 13.2 Å². The quantitative estimate of drug-likeness (QED) is 0.453. The molecule has 0 atom stereocenters. The standard InChI is InChI=1S/C21H25N3O6S/c1-29-18-6-2-16(3-7-18)15-23(17-4-5-17)20-9-8-19(14-21(20)24(25)26)31(27,28)22-10-12-30-13-11-22/h2-3,6-9,14,17H,4-5,10-13,15H2,1H3. The molecule has 10 heteroatoms. The summed E-state index contributed by atoms with van der Waals surface area (Å²) < 4.78 is 37.6. The first kappa shape index (κ1) is 21.5. The minimum absolute atomic E-state index is 0.0648. The fraction of sp³-hybridized carbons (Fsp3) is 0.429. The largest absolute Gasteiger partial charge is 0.497 e. The van der Waals surface area contributed by atoms with Crippen LogP contribution in [0, 0.1) is 10.1 Å². The molecule has 0 aromatic heterocycles. The topological polar surface area (TPSA) is 102 Å². The normalized spacial score (nSPS) is 17.3. The van der Waals surface area contributed by atoms with Crippen LogP contribution in [-0.4, -0.2) is 57.1 Å². The predicted octanol–water partition coefficient (Wildman–Crippen LogP) is 2.79. The molecule has 4 rings (SSSR count). The Bertz CT molecular complexity index is 1050. The highest BCUT2D eigenvalue weighted by Gasteiger charge is 2.35. The zero-order valence-electron chi connectivity index (χ0n) is 17.3. The summed E-state index contributed by atoms with van der Waals surface area (Å²) in [5.41, 5.74) is 1.23. The Morgan fingerprint density at radius 2 is 1.84 bits per heavy atom. The van der Waals surface area contributed by atoms with E-state index in [0.717, 1.165) is 24.2 Å². The Hall–Kier alpha value is -2.69. The minimum Gasteiger partial charge on any atom is -0.497 e. The van der Waals surface area contributed by atoms with Crippen molar-refractivity contribution in [2.75, 3.05) is 38.3 Å². The van der Waals surface area contributed by atoms with Crippen LogP contribution in [0.15, 0.2) is 47.4 Å². The van der Waals surface area contributed by atoms with E-state index in [-0.39, 0.29) is 29.7 Å². The predicted molar refractivity (Wildman–Crippen MR) is 115 cm³/mol. The molecule has 0 spiro atoms. The van der Waals surface area contributed by atoms with Crippen LogP contribution in [0.4, 0.5) is 11.4 Å². The summed E-state index contributed by atoms with van der Waals surface area (Å²) in [6, 6.07) is 12.0. The van der Waals surface area contributed by atoms with Gasteiger partial charge >= 0.3 is 0 Å². The van der Waals surface area contributed by atoms with Gasteiger partial charge in [-0.05, 0) is 42.7 Å². The first-order chi connectivity index (χ1) is 14.9. The van der Waals surface area contributed by atoms with Crippen molar-refractivity contribution in [3.8, 4) is 5.75 Å². The van der Waals surface area contributed by atoms with Crippen molar-refractivity contribution in [3.63, 3.8) is 0 Å². The van der Waals surface area contributed by atoms with Crippen LogP contribution < -0.4 is 9.64 Å². The van der Waals surface area contributed by atoms with Crippen LogP contribution in [-0.2, 0) is 21.3 Å². The molecular weight excluding hydrogens is 422 g/mol.